The molecule has 2 N–H and O–H groups in total. The van der Waals surface area contributed by atoms with Crippen LogP contribution in [-0.4, -0.2) is 25.8 Å². The standard InChI is InChI=1S/C14H21NO3/c1-10(2)9-17-7-8-18-14(16)12-5-4-6-13(15)11(12)3/h4-6,10H,7-9,15H2,1-3H3. The van der Waals surface area contributed by atoms with Crippen LogP contribution in [0.5, 0.6) is 0 Å². The van der Waals surface area contributed by atoms with E-state index in [0.29, 0.717) is 30.4 Å². The Balaban J connectivity index is 2.39. The molecule has 0 aliphatic heterocycles. The molecule has 0 bridgehead atoms. The van der Waals surface area contributed by atoms with E-state index in [0.717, 1.165) is 5.56 Å². The fraction of sp³-hybridized carbons (Fsp3) is 0.500. The summed E-state index contributed by atoms with van der Waals surface area (Å²) >= 11 is 0. The number of nitrogens with two attached hydrogens (primary N) is 1. The zero-order valence-corrected chi connectivity index (χ0v) is 11.2. The third kappa shape index (κ3) is 4.37. The molecule has 0 aromatic heterocycles. The van der Waals surface area contributed by atoms with Crippen molar-refractivity contribution in [2.45, 2.75) is 20.8 Å². The highest BCUT2D eigenvalue weighted by Gasteiger charge is 2.11. The lowest BCUT2D eigenvalue weighted by Crippen LogP contribution is -2.14. The van der Waals surface area contributed by atoms with Gasteiger partial charge in [-0.05, 0) is 30.5 Å². The van der Waals surface area contributed by atoms with Crippen molar-refractivity contribution >= 4 is 11.7 Å². The fourth-order valence-electron chi connectivity index (χ4n) is 1.46. The molecular weight excluding hydrogens is 230 g/mol. The Bertz CT molecular complexity index is 402. The van der Waals surface area contributed by atoms with Gasteiger partial charge in [-0.3, -0.25) is 0 Å². The summed E-state index contributed by atoms with van der Waals surface area (Å²) in [6, 6.07) is 5.22. The molecule has 0 unspecified atom stereocenters. The van der Waals surface area contributed by atoms with Gasteiger partial charge in [-0.25, -0.2) is 4.79 Å². The van der Waals surface area contributed by atoms with E-state index in [1.807, 2.05) is 0 Å². The quantitative estimate of drug-likeness (QED) is 0.479. The first kappa shape index (κ1) is 14.5. The number of carbonyl (C=O) groups is 1. The van der Waals surface area contributed by atoms with Crippen molar-refractivity contribution in [1.29, 1.82) is 0 Å². The van der Waals surface area contributed by atoms with Crippen LogP contribution >= 0.6 is 0 Å². The molecule has 1 aromatic rings. The highest BCUT2D eigenvalue weighted by molar-refractivity contribution is 5.92. The second kappa shape index (κ2) is 7.01. The van der Waals surface area contributed by atoms with E-state index in [1.165, 1.54) is 0 Å². The molecular formula is C14H21NO3. The number of carbonyl (C=O) groups excluding carboxylic acids is 1. The molecule has 0 saturated carbocycles. The maximum absolute atomic E-state index is 11.8. The largest absolute Gasteiger partial charge is 0.460 e. The zero-order chi connectivity index (χ0) is 13.5. The van der Waals surface area contributed by atoms with Gasteiger partial charge < -0.3 is 15.2 Å². The van der Waals surface area contributed by atoms with Crippen LogP contribution in [0.25, 0.3) is 0 Å². The van der Waals surface area contributed by atoms with Gasteiger partial charge >= 0.3 is 5.97 Å². The van der Waals surface area contributed by atoms with Crippen molar-refractivity contribution < 1.29 is 14.3 Å². The van der Waals surface area contributed by atoms with E-state index in [-0.39, 0.29) is 12.6 Å². The topological polar surface area (TPSA) is 61.6 Å². The first-order valence-corrected chi connectivity index (χ1v) is 6.12. The number of nitrogen functional groups attached to an aromatic ring is 1. The predicted octanol–water partition coefficient (Wildman–Crippen LogP) is 2.41. The van der Waals surface area contributed by atoms with Crippen LogP contribution in [-0.2, 0) is 9.47 Å². The maximum Gasteiger partial charge on any atom is 0.338 e. The average Bonchev–Trinajstić information content (AvgIpc) is 2.31. The summed E-state index contributed by atoms with van der Waals surface area (Å²) in [6.45, 7) is 7.31. The molecule has 0 amide bonds. The van der Waals surface area contributed by atoms with Gasteiger partial charge in [-0.15, -0.1) is 0 Å². The Labute approximate surface area is 108 Å². The number of ether oxygens (including phenoxy) is 2. The molecule has 0 radical (unpaired) electrons. The number of anilines is 1. The molecule has 0 fully saturated rings. The van der Waals surface area contributed by atoms with Gasteiger partial charge in [0, 0.05) is 12.3 Å². The van der Waals surface area contributed by atoms with Crippen molar-refractivity contribution in [3.63, 3.8) is 0 Å². The maximum atomic E-state index is 11.8. The van der Waals surface area contributed by atoms with Crippen molar-refractivity contribution in [1.82, 2.24) is 0 Å². The molecule has 100 valence electrons. The van der Waals surface area contributed by atoms with Gasteiger partial charge in [0.15, 0.2) is 0 Å². The van der Waals surface area contributed by atoms with Crippen LogP contribution in [0.3, 0.4) is 0 Å². The summed E-state index contributed by atoms with van der Waals surface area (Å²) in [5, 5.41) is 0. The number of esters is 1. The normalized spacial score (nSPS) is 10.7. The monoisotopic (exact) mass is 251 g/mol. The molecule has 1 rings (SSSR count). The van der Waals surface area contributed by atoms with E-state index in [2.05, 4.69) is 13.8 Å². The molecule has 0 spiro atoms. The van der Waals surface area contributed by atoms with Crippen molar-refractivity contribution in [3.8, 4) is 0 Å². The van der Waals surface area contributed by atoms with Gasteiger partial charge in [0.2, 0.25) is 0 Å². The number of hydrogen-bond acceptors (Lipinski definition) is 4. The van der Waals surface area contributed by atoms with Crippen molar-refractivity contribution in [2.24, 2.45) is 5.92 Å². The van der Waals surface area contributed by atoms with E-state index >= 15 is 0 Å². The van der Waals surface area contributed by atoms with E-state index in [4.69, 9.17) is 15.2 Å². The minimum absolute atomic E-state index is 0.264. The third-order valence-electron chi connectivity index (χ3n) is 2.51. The molecule has 4 heteroatoms. The van der Waals surface area contributed by atoms with Crippen LogP contribution in [0.4, 0.5) is 5.69 Å². The lowest BCUT2D eigenvalue weighted by atomic mass is 10.1. The average molecular weight is 251 g/mol. The summed E-state index contributed by atoms with van der Waals surface area (Å²) in [4.78, 5) is 11.8. The molecule has 1 aromatic carbocycles. The number of benzene rings is 1. The van der Waals surface area contributed by atoms with Crippen LogP contribution < -0.4 is 5.73 Å². The SMILES string of the molecule is Cc1c(N)cccc1C(=O)OCCOCC(C)C. The van der Waals surface area contributed by atoms with Gasteiger partial charge in [0.25, 0.3) is 0 Å². The lowest BCUT2D eigenvalue weighted by Gasteiger charge is -2.10. The predicted molar refractivity (Wildman–Crippen MR) is 71.5 cm³/mol. The van der Waals surface area contributed by atoms with E-state index in [9.17, 15) is 4.79 Å². The second-order valence-electron chi connectivity index (χ2n) is 4.62. The van der Waals surface area contributed by atoms with Crippen molar-refractivity contribution in [3.05, 3.63) is 29.3 Å². The Hall–Kier alpha value is -1.55. The smallest absolute Gasteiger partial charge is 0.338 e. The van der Waals surface area contributed by atoms with E-state index < -0.39 is 0 Å². The summed E-state index contributed by atoms with van der Waals surface area (Å²) in [7, 11) is 0. The van der Waals surface area contributed by atoms with Crippen LogP contribution in [0.1, 0.15) is 29.8 Å². The van der Waals surface area contributed by atoms with Crippen LogP contribution in [0.15, 0.2) is 18.2 Å². The molecule has 0 aliphatic rings. The van der Waals surface area contributed by atoms with Gasteiger partial charge in [0.1, 0.15) is 6.61 Å². The first-order valence-electron chi connectivity index (χ1n) is 6.12. The Kier molecular flexibility index (Phi) is 5.65. The van der Waals surface area contributed by atoms with Gasteiger partial charge in [0.05, 0.1) is 12.2 Å². The highest BCUT2D eigenvalue weighted by atomic mass is 16.6. The third-order valence-corrected chi connectivity index (χ3v) is 2.51. The van der Waals surface area contributed by atoms with E-state index in [1.54, 1.807) is 25.1 Å². The number of hydrogen-bond donors (Lipinski definition) is 1. The molecule has 0 aliphatic carbocycles. The minimum Gasteiger partial charge on any atom is -0.460 e. The summed E-state index contributed by atoms with van der Waals surface area (Å²) < 4.78 is 10.5. The summed E-state index contributed by atoms with van der Waals surface area (Å²) in [6.07, 6.45) is 0. The molecule has 4 nitrogen and oxygen atoms in total. The lowest BCUT2D eigenvalue weighted by molar-refractivity contribution is 0.0277. The second-order valence-corrected chi connectivity index (χ2v) is 4.62. The van der Waals surface area contributed by atoms with Crippen LogP contribution in [0.2, 0.25) is 0 Å². The minimum atomic E-state index is -0.354. The molecule has 0 heterocycles. The molecule has 0 saturated heterocycles. The molecule has 18 heavy (non-hydrogen) atoms. The Morgan fingerprint density at radius 2 is 2.06 bits per heavy atom. The van der Waals surface area contributed by atoms with Crippen LogP contribution in [0, 0.1) is 12.8 Å². The van der Waals surface area contributed by atoms with Crippen molar-refractivity contribution in [2.75, 3.05) is 25.6 Å². The van der Waals surface area contributed by atoms with Gasteiger partial charge in [-0.2, -0.15) is 0 Å². The van der Waals surface area contributed by atoms with Gasteiger partial charge in [-0.1, -0.05) is 19.9 Å². The molecule has 0 atom stereocenters. The fourth-order valence-corrected chi connectivity index (χ4v) is 1.46. The first-order chi connectivity index (χ1) is 8.52. The Morgan fingerprint density at radius 3 is 2.72 bits per heavy atom. The summed E-state index contributed by atoms with van der Waals surface area (Å²) in [5.41, 5.74) is 7.60. The Morgan fingerprint density at radius 1 is 1.33 bits per heavy atom. The highest BCUT2D eigenvalue weighted by Crippen LogP contribution is 2.16. The number of rotatable bonds is 6. The summed E-state index contributed by atoms with van der Waals surface area (Å²) in [5.74, 6) is 0.129. The zero-order valence-electron chi connectivity index (χ0n) is 11.2.